The first-order valence-electron chi connectivity index (χ1n) is 4.94. The first kappa shape index (κ1) is 8.52. The van der Waals surface area contributed by atoms with Gasteiger partial charge in [-0.15, -0.1) is 0 Å². The van der Waals surface area contributed by atoms with Crippen LogP contribution < -0.4 is 0 Å². The summed E-state index contributed by atoms with van der Waals surface area (Å²) in [6.45, 7) is 2.24. The van der Waals surface area contributed by atoms with Gasteiger partial charge in [0.1, 0.15) is 0 Å². The second kappa shape index (κ2) is 3.12. The Morgan fingerprint density at radius 1 is 1.07 bits per heavy atom. The van der Waals surface area contributed by atoms with Crippen LogP contribution in [-0.2, 0) is 10.6 Å². The SMILES string of the molecule is Cc1ccc2cccc3c2c1C[Se]C3. The molecule has 0 nitrogen and oxygen atoms in total. The molecular formula is C13H12Se. The summed E-state index contributed by atoms with van der Waals surface area (Å²) in [5, 5.41) is 5.63. The van der Waals surface area contributed by atoms with E-state index in [1.165, 1.54) is 21.6 Å². The van der Waals surface area contributed by atoms with E-state index in [1.807, 2.05) is 0 Å². The number of benzene rings is 2. The number of hydrogen-bond acceptors (Lipinski definition) is 0. The van der Waals surface area contributed by atoms with Crippen molar-refractivity contribution in [2.75, 3.05) is 0 Å². The molecule has 0 aromatic heterocycles. The molecule has 0 bridgehead atoms. The minimum atomic E-state index is 0.785. The van der Waals surface area contributed by atoms with Crippen molar-refractivity contribution in [3.63, 3.8) is 0 Å². The van der Waals surface area contributed by atoms with Crippen molar-refractivity contribution in [1.82, 2.24) is 0 Å². The van der Waals surface area contributed by atoms with Gasteiger partial charge in [-0.3, -0.25) is 0 Å². The van der Waals surface area contributed by atoms with Crippen LogP contribution in [-0.4, -0.2) is 15.0 Å². The first-order chi connectivity index (χ1) is 6.86. The van der Waals surface area contributed by atoms with Crippen molar-refractivity contribution in [3.8, 4) is 0 Å². The predicted octanol–water partition coefficient (Wildman–Crippen LogP) is 2.87. The van der Waals surface area contributed by atoms with E-state index in [1.54, 1.807) is 16.5 Å². The van der Waals surface area contributed by atoms with Gasteiger partial charge in [-0.1, -0.05) is 0 Å². The van der Waals surface area contributed by atoms with E-state index >= 15 is 0 Å². The van der Waals surface area contributed by atoms with Crippen LogP contribution in [0.15, 0.2) is 30.3 Å². The Morgan fingerprint density at radius 3 is 2.93 bits per heavy atom. The number of rotatable bonds is 0. The van der Waals surface area contributed by atoms with Gasteiger partial charge in [-0.05, 0) is 0 Å². The summed E-state index contributed by atoms with van der Waals surface area (Å²) in [6.07, 6.45) is 0. The fourth-order valence-electron chi connectivity index (χ4n) is 2.21. The first-order valence-corrected chi connectivity index (χ1v) is 7.36. The molecule has 14 heavy (non-hydrogen) atoms. The van der Waals surface area contributed by atoms with Crippen LogP contribution in [0, 0.1) is 6.92 Å². The predicted molar refractivity (Wildman–Crippen MR) is 61.8 cm³/mol. The molecule has 2 aromatic carbocycles. The van der Waals surface area contributed by atoms with E-state index < -0.39 is 0 Å². The van der Waals surface area contributed by atoms with Gasteiger partial charge in [0, 0.05) is 0 Å². The quantitative estimate of drug-likeness (QED) is 0.628. The molecule has 0 aliphatic carbocycles. The molecule has 0 saturated heterocycles. The van der Waals surface area contributed by atoms with E-state index in [0.29, 0.717) is 0 Å². The van der Waals surface area contributed by atoms with Gasteiger partial charge in [-0.2, -0.15) is 0 Å². The molecular weight excluding hydrogens is 235 g/mol. The van der Waals surface area contributed by atoms with Crippen molar-refractivity contribution in [3.05, 3.63) is 47.0 Å². The van der Waals surface area contributed by atoms with Crippen LogP contribution in [0.5, 0.6) is 0 Å². The Balaban J connectivity index is 2.50. The van der Waals surface area contributed by atoms with E-state index in [9.17, 15) is 0 Å². The molecule has 0 fully saturated rings. The van der Waals surface area contributed by atoms with Crippen molar-refractivity contribution in [1.29, 1.82) is 0 Å². The molecule has 1 aliphatic heterocycles. The second-order valence-electron chi connectivity index (χ2n) is 3.87. The third kappa shape index (κ3) is 1.13. The fraction of sp³-hybridized carbons (Fsp3) is 0.231. The molecule has 1 aliphatic rings. The topological polar surface area (TPSA) is 0 Å². The summed E-state index contributed by atoms with van der Waals surface area (Å²) in [5.74, 6) is 0. The van der Waals surface area contributed by atoms with Crippen molar-refractivity contribution in [2.24, 2.45) is 0 Å². The van der Waals surface area contributed by atoms with E-state index in [2.05, 4.69) is 37.3 Å². The summed E-state index contributed by atoms with van der Waals surface area (Å²) in [6, 6.07) is 11.3. The molecule has 1 heterocycles. The van der Waals surface area contributed by atoms with E-state index in [0.717, 1.165) is 15.0 Å². The fourth-order valence-corrected chi connectivity index (χ4v) is 4.60. The van der Waals surface area contributed by atoms with Gasteiger partial charge in [-0.25, -0.2) is 0 Å². The number of hydrogen-bond donors (Lipinski definition) is 0. The molecule has 2 aromatic rings. The van der Waals surface area contributed by atoms with Gasteiger partial charge in [0.15, 0.2) is 0 Å². The van der Waals surface area contributed by atoms with E-state index in [4.69, 9.17) is 0 Å². The van der Waals surface area contributed by atoms with Crippen molar-refractivity contribution in [2.45, 2.75) is 17.6 Å². The Kier molecular flexibility index (Phi) is 1.90. The molecule has 0 atom stereocenters. The van der Waals surface area contributed by atoms with Gasteiger partial charge in [0.25, 0.3) is 0 Å². The van der Waals surface area contributed by atoms with Gasteiger partial charge in [0.2, 0.25) is 0 Å². The number of aryl methyl sites for hydroxylation is 1. The standard InChI is InChI=1S/C13H12Se/c1-9-5-6-10-3-2-4-11-7-14-8-12(9)13(10)11/h2-6H,7-8H2,1H3. The molecule has 0 saturated carbocycles. The zero-order valence-corrected chi connectivity index (χ0v) is 9.92. The average molecular weight is 247 g/mol. The van der Waals surface area contributed by atoms with Crippen molar-refractivity contribution >= 4 is 25.7 Å². The van der Waals surface area contributed by atoms with Crippen LogP contribution in [0.1, 0.15) is 16.7 Å². The Bertz CT molecular complexity index is 500. The van der Waals surface area contributed by atoms with Crippen molar-refractivity contribution < 1.29 is 0 Å². The molecule has 3 rings (SSSR count). The molecule has 1 heteroatoms. The Morgan fingerprint density at radius 2 is 2.00 bits per heavy atom. The maximum absolute atomic E-state index is 2.30. The normalized spacial score (nSPS) is 14.6. The summed E-state index contributed by atoms with van der Waals surface area (Å²) < 4.78 is 0. The third-order valence-electron chi connectivity index (χ3n) is 2.98. The molecule has 0 radical (unpaired) electrons. The zero-order valence-electron chi connectivity index (χ0n) is 8.21. The molecule has 0 amide bonds. The van der Waals surface area contributed by atoms with Gasteiger partial charge in [0.05, 0.1) is 0 Å². The second-order valence-corrected chi connectivity index (χ2v) is 5.94. The Labute approximate surface area is 90.5 Å². The van der Waals surface area contributed by atoms with Crippen LogP contribution in [0.3, 0.4) is 0 Å². The molecule has 0 N–H and O–H groups in total. The van der Waals surface area contributed by atoms with Gasteiger partial charge < -0.3 is 0 Å². The summed E-state index contributed by atoms with van der Waals surface area (Å²) >= 11 is 0.785. The summed E-state index contributed by atoms with van der Waals surface area (Å²) in [7, 11) is 0. The molecule has 70 valence electrons. The van der Waals surface area contributed by atoms with Crippen LogP contribution in [0.25, 0.3) is 10.8 Å². The van der Waals surface area contributed by atoms with Crippen LogP contribution in [0.2, 0.25) is 0 Å². The van der Waals surface area contributed by atoms with Crippen LogP contribution in [0.4, 0.5) is 0 Å². The maximum atomic E-state index is 2.30. The summed E-state index contributed by atoms with van der Waals surface area (Å²) in [5.41, 5.74) is 4.67. The minimum absolute atomic E-state index is 0.785. The monoisotopic (exact) mass is 248 g/mol. The molecule has 0 unspecified atom stereocenters. The van der Waals surface area contributed by atoms with E-state index in [-0.39, 0.29) is 0 Å². The van der Waals surface area contributed by atoms with Crippen LogP contribution >= 0.6 is 0 Å². The Hall–Kier alpha value is -0.781. The third-order valence-corrected chi connectivity index (χ3v) is 5.09. The summed E-state index contributed by atoms with van der Waals surface area (Å²) in [4.78, 5) is 0. The zero-order chi connectivity index (χ0) is 9.54. The average Bonchev–Trinajstić information content (AvgIpc) is 2.24. The molecule has 0 spiro atoms. The van der Waals surface area contributed by atoms with Gasteiger partial charge >= 0.3 is 90.3 Å².